The van der Waals surface area contributed by atoms with Gasteiger partial charge in [0.25, 0.3) is 0 Å². The van der Waals surface area contributed by atoms with E-state index in [0.717, 1.165) is 11.4 Å². The number of aromatic nitrogens is 2. The average molecular weight is 224 g/mol. The molecule has 0 atom stereocenters. The molecule has 0 saturated heterocycles. The molecule has 0 spiro atoms. The van der Waals surface area contributed by atoms with Crippen LogP contribution in [-0.2, 0) is 7.05 Å². The van der Waals surface area contributed by atoms with Crippen molar-refractivity contribution in [3.63, 3.8) is 0 Å². The smallest absolute Gasteiger partial charge is 0.146 e. The quantitative estimate of drug-likeness (QED) is 0.768. The van der Waals surface area contributed by atoms with Gasteiger partial charge in [0.1, 0.15) is 5.49 Å². The normalized spacial score (nSPS) is 9.73. The summed E-state index contributed by atoms with van der Waals surface area (Å²) in [5.41, 5.74) is 2.61. The summed E-state index contributed by atoms with van der Waals surface area (Å²) in [6.45, 7) is 2.00. The fourth-order valence-corrected chi connectivity index (χ4v) is 1.55. The summed E-state index contributed by atoms with van der Waals surface area (Å²) in [7, 11) is 1.96. The first-order valence-electron chi connectivity index (χ1n) is 4.56. The summed E-state index contributed by atoms with van der Waals surface area (Å²) in [4.78, 5) is 0. The molecule has 0 fully saturated rings. The largest absolute Gasteiger partial charge is 0.287 e. The zero-order valence-electron chi connectivity index (χ0n) is 8.77. The molecule has 15 heavy (non-hydrogen) atoms. The number of nitrogens with one attached hydrogen (secondary N) is 1. The lowest BCUT2D eigenvalue weighted by molar-refractivity contribution is 0.619. The minimum Gasteiger partial charge on any atom is -0.287 e. The number of rotatable bonds is 1. The number of nitrogens with zero attached hydrogens (tertiary/aromatic N) is 2. The van der Waals surface area contributed by atoms with Crippen LogP contribution in [0.1, 0.15) is 5.69 Å². The zero-order valence-corrected chi connectivity index (χ0v) is 9.58. The molecule has 0 amide bonds. The van der Waals surface area contributed by atoms with Gasteiger partial charge >= 0.3 is 0 Å². The predicted molar refractivity (Wildman–Crippen MR) is 62.6 cm³/mol. The van der Waals surface area contributed by atoms with E-state index in [4.69, 9.17) is 5.41 Å². The average Bonchev–Trinajstić information content (AvgIpc) is 2.43. The van der Waals surface area contributed by atoms with Gasteiger partial charge in [-0.3, -0.25) is 10.1 Å². The molecule has 80 valence electrons. The van der Waals surface area contributed by atoms with Gasteiger partial charge in [-0.25, -0.2) is 4.68 Å². The maximum atomic E-state index is 7.81. The highest BCUT2D eigenvalue weighted by Gasteiger charge is 2.02. The van der Waals surface area contributed by atoms with E-state index in [1.807, 2.05) is 59.7 Å². The number of halogens is 1. The molecule has 0 saturated carbocycles. The van der Waals surface area contributed by atoms with E-state index in [2.05, 4.69) is 0 Å². The summed E-state index contributed by atoms with van der Waals surface area (Å²) < 4.78 is 3.84. The molecule has 2 aromatic rings. The fraction of sp³-hybridized carbons (Fsp3) is 0.182. The van der Waals surface area contributed by atoms with Crippen molar-refractivity contribution in [3.8, 4) is 5.69 Å². The van der Waals surface area contributed by atoms with Crippen LogP contribution < -0.4 is 5.49 Å². The number of hydrogen-bond acceptors (Lipinski definition) is 1. The number of para-hydroxylation sites is 1. The monoisotopic (exact) mass is 223 g/mol. The molecule has 1 aromatic carbocycles. The summed E-state index contributed by atoms with van der Waals surface area (Å²) in [6.07, 6.45) is 0. The van der Waals surface area contributed by atoms with Crippen LogP contribution in [-0.4, -0.2) is 9.36 Å². The maximum Gasteiger partial charge on any atom is 0.146 e. The molecular formula is C11H14ClN3. The van der Waals surface area contributed by atoms with Crippen molar-refractivity contribution in [2.45, 2.75) is 6.92 Å². The molecular weight excluding hydrogens is 210 g/mol. The Hall–Kier alpha value is -1.48. The van der Waals surface area contributed by atoms with Crippen LogP contribution in [0.4, 0.5) is 0 Å². The summed E-state index contributed by atoms with van der Waals surface area (Å²) >= 11 is 0. The maximum absolute atomic E-state index is 7.81. The Kier molecular flexibility index (Phi) is 3.37. The molecule has 0 radical (unpaired) electrons. The van der Waals surface area contributed by atoms with E-state index in [-0.39, 0.29) is 12.4 Å². The molecule has 3 nitrogen and oxygen atoms in total. The van der Waals surface area contributed by atoms with E-state index < -0.39 is 0 Å². The predicted octanol–water partition coefficient (Wildman–Crippen LogP) is 2.03. The van der Waals surface area contributed by atoms with Gasteiger partial charge < -0.3 is 0 Å². The molecule has 4 heteroatoms. The fourth-order valence-electron chi connectivity index (χ4n) is 1.55. The Morgan fingerprint density at radius 2 is 1.73 bits per heavy atom. The molecule has 0 unspecified atom stereocenters. The minimum absolute atomic E-state index is 0. The van der Waals surface area contributed by atoms with Crippen molar-refractivity contribution >= 4 is 12.4 Å². The van der Waals surface area contributed by atoms with Gasteiger partial charge in [-0.1, -0.05) is 18.2 Å². The lowest BCUT2D eigenvalue weighted by atomic mass is 10.3. The van der Waals surface area contributed by atoms with Gasteiger partial charge in [0.2, 0.25) is 0 Å². The van der Waals surface area contributed by atoms with Crippen LogP contribution in [0.3, 0.4) is 0 Å². The van der Waals surface area contributed by atoms with Gasteiger partial charge in [0, 0.05) is 18.8 Å². The highest BCUT2D eigenvalue weighted by atomic mass is 35.5. The molecule has 0 aliphatic carbocycles. The third kappa shape index (κ3) is 1.97. The third-order valence-corrected chi connectivity index (χ3v) is 2.38. The molecule has 2 rings (SSSR count). The first kappa shape index (κ1) is 11.6. The number of benzene rings is 1. The first-order valence-corrected chi connectivity index (χ1v) is 4.56. The van der Waals surface area contributed by atoms with Crippen LogP contribution in [0, 0.1) is 12.3 Å². The highest BCUT2D eigenvalue weighted by Crippen LogP contribution is 2.04. The Bertz CT molecular complexity index is 496. The van der Waals surface area contributed by atoms with E-state index >= 15 is 0 Å². The Morgan fingerprint density at radius 1 is 1.13 bits per heavy atom. The van der Waals surface area contributed by atoms with Crippen molar-refractivity contribution < 1.29 is 0 Å². The summed E-state index contributed by atoms with van der Waals surface area (Å²) in [5.74, 6) is 0. The van der Waals surface area contributed by atoms with E-state index in [1.165, 1.54) is 0 Å². The molecule has 0 aliphatic rings. The van der Waals surface area contributed by atoms with Gasteiger partial charge in [0.15, 0.2) is 0 Å². The van der Waals surface area contributed by atoms with Crippen molar-refractivity contribution in [1.29, 1.82) is 5.41 Å². The van der Waals surface area contributed by atoms with Gasteiger partial charge in [-0.05, 0) is 19.1 Å². The molecule has 1 N–H and O–H groups in total. The number of aryl methyl sites for hydroxylation is 1. The standard InChI is InChI=1S/C11H13N3.ClH/c1-9-8-11(12)14(13(9)2)10-6-4-3-5-7-10;/h3-8,12H,1-2H3;1H. The van der Waals surface area contributed by atoms with Crippen LogP contribution in [0.5, 0.6) is 0 Å². The van der Waals surface area contributed by atoms with E-state index in [0.29, 0.717) is 5.49 Å². The Morgan fingerprint density at radius 3 is 2.20 bits per heavy atom. The molecule has 0 aliphatic heterocycles. The van der Waals surface area contributed by atoms with Gasteiger partial charge in [0.05, 0.1) is 5.69 Å². The van der Waals surface area contributed by atoms with Crippen LogP contribution in [0.2, 0.25) is 0 Å². The SMILES string of the molecule is Cc1cc(=N)n(-c2ccccc2)n1C.Cl. The third-order valence-electron chi connectivity index (χ3n) is 2.38. The number of hydrogen-bond donors (Lipinski definition) is 1. The Labute approximate surface area is 94.9 Å². The van der Waals surface area contributed by atoms with Gasteiger partial charge in [-0.15, -0.1) is 12.4 Å². The second kappa shape index (κ2) is 4.36. The van der Waals surface area contributed by atoms with E-state index in [9.17, 15) is 0 Å². The van der Waals surface area contributed by atoms with Crippen molar-refractivity contribution in [1.82, 2.24) is 9.36 Å². The lowest BCUT2D eigenvalue weighted by Crippen LogP contribution is -2.19. The first-order chi connectivity index (χ1) is 6.70. The highest BCUT2D eigenvalue weighted by molar-refractivity contribution is 5.85. The van der Waals surface area contributed by atoms with Crippen molar-refractivity contribution in [2.75, 3.05) is 0 Å². The Balaban J connectivity index is 0.00000112. The topological polar surface area (TPSA) is 33.7 Å². The van der Waals surface area contributed by atoms with Crippen LogP contribution in [0.25, 0.3) is 5.69 Å². The lowest BCUT2D eigenvalue weighted by Gasteiger charge is -2.08. The van der Waals surface area contributed by atoms with Crippen LogP contribution in [0.15, 0.2) is 36.4 Å². The molecule has 1 heterocycles. The molecule has 1 aromatic heterocycles. The second-order valence-corrected chi connectivity index (χ2v) is 3.34. The van der Waals surface area contributed by atoms with Gasteiger partial charge in [-0.2, -0.15) is 0 Å². The minimum atomic E-state index is 0. The second-order valence-electron chi connectivity index (χ2n) is 3.34. The molecule has 0 bridgehead atoms. The van der Waals surface area contributed by atoms with E-state index in [1.54, 1.807) is 0 Å². The van der Waals surface area contributed by atoms with Crippen molar-refractivity contribution in [3.05, 3.63) is 47.6 Å². The zero-order chi connectivity index (χ0) is 10.1. The summed E-state index contributed by atoms with van der Waals surface area (Å²) in [6, 6.07) is 11.8. The van der Waals surface area contributed by atoms with Crippen LogP contribution >= 0.6 is 12.4 Å². The summed E-state index contributed by atoms with van der Waals surface area (Å²) in [5, 5.41) is 7.81. The van der Waals surface area contributed by atoms with Crippen molar-refractivity contribution in [2.24, 2.45) is 7.05 Å².